The summed E-state index contributed by atoms with van der Waals surface area (Å²) >= 11 is 0. The molecule has 0 rings (SSSR count). The minimum atomic E-state index is -5.34. The van der Waals surface area contributed by atoms with E-state index in [2.05, 4.69) is 108 Å². The van der Waals surface area contributed by atoms with Crippen LogP contribution in [0.3, 0.4) is 0 Å². The average Bonchev–Trinajstić information content (AvgIpc) is 3.13. The topological polar surface area (TPSA) is 170 Å². The van der Waals surface area contributed by atoms with Crippen molar-refractivity contribution in [2.75, 3.05) is 39.6 Å². The molecule has 0 spiro atoms. The molecule has 0 aromatic heterocycles. The number of rotatable bonds is 34. The lowest BCUT2D eigenvalue weighted by Gasteiger charge is -2.30. The number of allylic oxidation sites excluding steroid dienone is 14. The second-order valence-corrected chi connectivity index (χ2v) is 18.6. The van der Waals surface area contributed by atoms with E-state index in [1.54, 1.807) is 0 Å². The summed E-state index contributed by atoms with van der Waals surface area (Å²) < 4.78 is 48.4. The first-order chi connectivity index (χ1) is 27.7. The Labute approximate surface area is 357 Å². The fourth-order valence-corrected chi connectivity index (χ4v) is 6.59. The molecule has 0 amide bonds. The number of hydrogen-bond donors (Lipinski definition) is 1. The molecule has 0 saturated heterocycles. The van der Waals surface area contributed by atoms with Crippen LogP contribution < -0.4 is 14.7 Å². The van der Waals surface area contributed by atoms with E-state index in [0.717, 1.165) is 82.6 Å². The van der Waals surface area contributed by atoms with Crippen molar-refractivity contribution in [2.45, 2.75) is 158 Å². The van der Waals surface area contributed by atoms with Crippen LogP contribution in [0, 0.1) is 0 Å². The SMILES string of the molecule is CC(C)=CCC/C(C)=C/CC/C(C)=C/CC/C(C)=C/COC[C@@H](COP(=O)([O-])OC[C@H](O)COP(=O)([O-])[O-])OC/C=C(\C)CC/C=C(\C)CC/C=C(\C)CCC=C(C)C. The van der Waals surface area contributed by atoms with Crippen LogP contribution in [-0.2, 0) is 32.2 Å². The zero-order valence-corrected chi connectivity index (χ0v) is 39.7. The summed E-state index contributed by atoms with van der Waals surface area (Å²) in [6.07, 6.45) is 27.3. The highest BCUT2D eigenvalue weighted by Crippen LogP contribution is 2.38. The average molecular weight is 868 g/mol. The molecule has 0 heterocycles. The molecule has 13 heteroatoms. The summed E-state index contributed by atoms with van der Waals surface area (Å²) in [5.74, 6) is 0. The van der Waals surface area contributed by atoms with Gasteiger partial charge < -0.3 is 47.4 Å². The molecule has 0 fully saturated rings. The van der Waals surface area contributed by atoms with Crippen molar-refractivity contribution >= 4 is 15.6 Å². The first-order valence-corrected chi connectivity index (χ1v) is 23.9. The molecule has 3 atom stereocenters. The normalized spacial score (nSPS) is 15.9. The van der Waals surface area contributed by atoms with Gasteiger partial charge in [-0.15, -0.1) is 0 Å². The van der Waals surface area contributed by atoms with E-state index in [-0.39, 0.29) is 13.2 Å². The maximum Gasteiger partial charge on any atom is 0.268 e. The molecule has 0 saturated carbocycles. The Hall–Kier alpha value is -1.98. The third-order valence-electron chi connectivity index (χ3n) is 9.19. The summed E-state index contributed by atoms with van der Waals surface area (Å²) in [6, 6.07) is 0. The first-order valence-electron chi connectivity index (χ1n) is 21.0. The predicted octanol–water partition coefficient (Wildman–Crippen LogP) is 10.4. The highest BCUT2D eigenvalue weighted by Gasteiger charge is 2.18. The standard InChI is InChI=1S/C46H80O11P2/c1-37(2)17-11-19-39(5)21-13-23-41(7)25-15-27-43(9)29-31-53-35-46(36-57-59(51,52)56-34-45(47)33-55-58(48,49)50)54-32-30-44(10)28-16-26-42(8)24-14-22-40(6)20-12-18-38(3)4/h17-18,21-22,25-26,29-30,45-47H,11-16,19-20,23-24,27-28,31-36H2,1-10H3,(H,51,52)(H2,48,49,50)/p-3/b39-21+,40-22+,41-25+,42-26+,43-29+,44-30+/t45-,46+/m1/s1. The smallest absolute Gasteiger partial charge is 0.268 e. The minimum absolute atomic E-state index is 0.0422. The van der Waals surface area contributed by atoms with Gasteiger partial charge in [-0.3, -0.25) is 4.57 Å². The fraction of sp³-hybridized carbons (Fsp3) is 0.652. The summed E-state index contributed by atoms with van der Waals surface area (Å²) in [7, 11) is -10.3. The summed E-state index contributed by atoms with van der Waals surface area (Å²) in [5, 5.41) is 9.73. The molecule has 0 aliphatic heterocycles. The number of hydrogen-bond acceptors (Lipinski definition) is 11. The van der Waals surface area contributed by atoms with E-state index >= 15 is 0 Å². The van der Waals surface area contributed by atoms with Crippen molar-refractivity contribution in [3.8, 4) is 0 Å². The highest BCUT2D eigenvalue weighted by atomic mass is 31.2. The molecule has 11 nitrogen and oxygen atoms in total. The van der Waals surface area contributed by atoms with Crippen molar-refractivity contribution in [3.05, 3.63) is 93.2 Å². The van der Waals surface area contributed by atoms with Crippen molar-refractivity contribution in [1.29, 1.82) is 0 Å². The van der Waals surface area contributed by atoms with Crippen LogP contribution >= 0.6 is 15.6 Å². The molecular weight excluding hydrogens is 790 g/mol. The number of phosphoric acid groups is 2. The van der Waals surface area contributed by atoms with Crippen molar-refractivity contribution in [3.63, 3.8) is 0 Å². The first kappa shape index (κ1) is 57.0. The largest absolute Gasteiger partial charge is 0.790 e. The van der Waals surface area contributed by atoms with E-state index in [1.807, 2.05) is 19.1 Å². The van der Waals surface area contributed by atoms with Gasteiger partial charge in [0.1, 0.15) is 12.2 Å². The van der Waals surface area contributed by atoms with Crippen molar-refractivity contribution in [1.82, 2.24) is 0 Å². The third-order valence-corrected chi connectivity index (χ3v) is 10.6. The van der Waals surface area contributed by atoms with Crippen LogP contribution in [-0.4, -0.2) is 57.0 Å². The summed E-state index contributed by atoms with van der Waals surface area (Å²) in [5.41, 5.74) is 10.6. The van der Waals surface area contributed by atoms with E-state index in [9.17, 15) is 28.9 Å². The van der Waals surface area contributed by atoms with Crippen LogP contribution in [0.5, 0.6) is 0 Å². The Balaban J connectivity index is 5.11. The zero-order chi connectivity index (χ0) is 44.7. The molecule has 0 aromatic rings. The Kier molecular flexibility index (Phi) is 32.5. The minimum Gasteiger partial charge on any atom is -0.790 e. The van der Waals surface area contributed by atoms with Crippen molar-refractivity contribution in [2.24, 2.45) is 0 Å². The van der Waals surface area contributed by atoms with Gasteiger partial charge in [-0.1, -0.05) is 93.2 Å². The Morgan fingerprint density at radius 1 is 0.475 bits per heavy atom. The Bertz CT molecular complexity index is 1520. The van der Waals surface area contributed by atoms with Gasteiger partial charge in [0.25, 0.3) is 7.82 Å². The number of aliphatic hydroxyl groups excluding tert-OH is 1. The lowest BCUT2D eigenvalue weighted by molar-refractivity contribution is -0.342. The van der Waals surface area contributed by atoms with Crippen LogP contribution in [0.25, 0.3) is 0 Å². The molecule has 1 N–H and O–H groups in total. The van der Waals surface area contributed by atoms with E-state index in [0.29, 0.717) is 6.61 Å². The molecular formula is C46H77O11P2-3. The quantitative estimate of drug-likeness (QED) is 0.0371. The molecule has 0 aliphatic carbocycles. The molecule has 340 valence electrons. The summed E-state index contributed by atoms with van der Waals surface area (Å²) in [6.45, 7) is 19.6. The second-order valence-electron chi connectivity index (χ2n) is 16.0. The van der Waals surface area contributed by atoms with Gasteiger partial charge >= 0.3 is 0 Å². The van der Waals surface area contributed by atoms with Gasteiger partial charge in [0, 0.05) is 0 Å². The molecule has 0 bridgehead atoms. The van der Waals surface area contributed by atoms with E-state index in [1.165, 1.54) is 39.0 Å². The molecule has 0 aromatic carbocycles. The van der Waals surface area contributed by atoms with Gasteiger partial charge in [0.2, 0.25) is 0 Å². The number of ether oxygens (including phenoxy) is 2. The maximum absolute atomic E-state index is 12.4. The Morgan fingerprint density at radius 2 is 0.814 bits per heavy atom. The highest BCUT2D eigenvalue weighted by molar-refractivity contribution is 7.45. The maximum atomic E-state index is 12.4. The molecule has 1 unspecified atom stereocenters. The summed E-state index contributed by atoms with van der Waals surface area (Å²) in [4.78, 5) is 33.6. The number of aliphatic hydroxyl groups is 1. The zero-order valence-electron chi connectivity index (χ0n) is 37.9. The predicted molar refractivity (Wildman–Crippen MR) is 236 cm³/mol. The second kappa shape index (κ2) is 33.6. The monoisotopic (exact) mass is 867 g/mol. The third kappa shape index (κ3) is 38.7. The Morgan fingerprint density at radius 3 is 1.20 bits per heavy atom. The lowest BCUT2D eigenvalue weighted by Crippen LogP contribution is -2.29. The lowest BCUT2D eigenvalue weighted by atomic mass is 10.0. The van der Waals surface area contributed by atoms with Crippen LogP contribution in [0.4, 0.5) is 0 Å². The van der Waals surface area contributed by atoms with Gasteiger partial charge in [-0.05, 0) is 146 Å². The van der Waals surface area contributed by atoms with Crippen LogP contribution in [0.1, 0.15) is 146 Å². The van der Waals surface area contributed by atoms with Crippen LogP contribution in [0.15, 0.2) is 93.2 Å². The van der Waals surface area contributed by atoms with Crippen molar-refractivity contribution < 1.29 is 52.0 Å². The van der Waals surface area contributed by atoms with Crippen LogP contribution in [0.2, 0.25) is 0 Å². The van der Waals surface area contributed by atoms with E-state index < -0.39 is 47.7 Å². The van der Waals surface area contributed by atoms with Gasteiger partial charge in [0.05, 0.1) is 47.5 Å². The van der Waals surface area contributed by atoms with E-state index in [4.69, 9.17) is 14.0 Å². The fourth-order valence-electron chi connectivity index (χ4n) is 5.46. The van der Waals surface area contributed by atoms with Gasteiger partial charge in [0.15, 0.2) is 0 Å². The molecule has 0 aliphatic rings. The van der Waals surface area contributed by atoms with Gasteiger partial charge in [-0.2, -0.15) is 0 Å². The molecule has 59 heavy (non-hydrogen) atoms. The molecule has 0 radical (unpaired) electrons. The van der Waals surface area contributed by atoms with Gasteiger partial charge in [-0.25, -0.2) is 0 Å². The number of phosphoric ester groups is 2.